The predicted octanol–water partition coefficient (Wildman–Crippen LogP) is 7.40. The third-order valence-electron chi connectivity index (χ3n) is 8.90. The first-order valence-corrected chi connectivity index (χ1v) is 20.3. The molecule has 0 radical (unpaired) electrons. The molecular weight excluding hydrogens is 753 g/mol. The molecule has 3 aromatic carbocycles. The summed E-state index contributed by atoms with van der Waals surface area (Å²) < 4.78 is 100.0. The summed E-state index contributed by atoms with van der Waals surface area (Å²) in [6.07, 6.45) is 7.21. The van der Waals surface area contributed by atoms with Crippen molar-refractivity contribution in [1.29, 1.82) is 0 Å². The van der Waals surface area contributed by atoms with Crippen LogP contribution >= 0.6 is 0 Å². The number of rotatable bonds is 6. The molecule has 54 heavy (non-hydrogen) atoms. The highest BCUT2D eigenvalue weighted by atomic mass is 32.2. The Hall–Kier alpha value is -6.01. The molecule has 270 valence electrons. The summed E-state index contributed by atoms with van der Waals surface area (Å²) in [5.41, 5.74) is 8.12. The fourth-order valence-electron chi connectivity index (χ4n) is 6.43. The van der Waals surface area contributed by atoms with Crippen LogP contribution in [0, 0.1) is 0 Å². The van der Waals surface area contributed by atoms with E-state index in [9.17, 15) is 38.9 Å². The summed E-state index contributed by atoms with van der Waals surface area (Å²) in [6.45, 7) is 0. The van der Waals surface area contributed by atoms with E-state index in [2.05, 4.69) is 9.97 Å². The van der Waals surface area contributed by atoms with Gasteiger partial charge in [0.2, 0.25) is 0 Å². The normalized spacial score (nSPS) is 13.0. The molecule has 0 saturated carbocycles. The molecule has 0 amide bonds. The van der Waals surface area contributed by atoms with Crippen molar-refractivity contribution in [3.8, 4) is 33.4 Å². The smallest absolute Gasteiger partial charge is 0.294 e. The highest BCUT2D eigenvalue weighted by molar-refractivity contribution is 7.86. The molecule has 0 spiro atoms. The van der Waals surface area contributed by atoms with Crippen LogP contribution in [0.5, 0.6) is 0 Å². The zero-order valence-corrected chi connectivity index (χ0v) is 30.0. The van der Waals surface area contributed by atoms with Crippen LogP contribution in [0.15, 0.2) is 118 Å². The Morgan fingerprint density at radius 2 is 0.759 bits per heavy atom. The van der Waals surface area contributed by atoms with Gasteiger partial charge in [0.05, 0.1) is 37.5 Å². The van der Waals surface area contributed by atoms with Gasteiger partial charge in [-0.3, -0.25) is 13.7 Å². The minimum absolute atomic E-state index is 0.271. The van der Waals surface area contributed by atoms with E-state index in [0.717, 1.165) is 0 Å². The molecule has 0 unspecified atom stereocenters. The topological polar surface area (TPSA) is 220 Å². The molecular formula is C38H26N4O9S3. The van der Waals surface area contributed by atoms with Crippen LogP contribution in [-0.2, 0) is 30.4 Å². The van der Waals surface area contributed by atoms with Gasteiger partial charge in [-0.05, 0) is 108 Å². The number of benzene rings is 3. The zero-order chi connectivity index (χ0) is 38.0. The fraction of sp³-hybridized carbons (Fsp3) is 0. The average molecular weight is 779 g/mol. The van der Waals surface area contributed by atoms with E-state index in [-0.39, 0.29) is 14.7 Å². The second-order valence-corrected chi connectivity index (χ2v) is 16.6. The summed E-state index contributed by atoms with van der Waals surface area (Å²) in [4.78, 5) is 15.9. The van der Waals surface area contributed by atoms with Crippen molar-refractivity contribution in [3.05, 3.63) is 126 Å². The molecule has 3 aromatic heterocycles. The van der Waals surface area contributed by atoms with Crippen LogP contribution in [-0.4, -0.2) is 58.8 Å². The van der Waals surface area contributed by atoms with Crippen LogP contribution in [0.3, 0.4) is 0 Å². The molecule has 8 bridgehead atoms. The molecule has 2 aliphatic rings. The van der Waals surface area contributed by atoms with Crippen molar-refractivity contribution < 1.29 is 38.9 Å². The number of fused-ring (bicyclic) bond motifs is 8. The van der Waals surface area contributed by atoms with E-state index >= 15 is 0 Å². The van der Waals surface area contributed by atoms with E-state index in [1.54, 1.807) is 48.6 Å². The lowest BCUT2D eigenvalue weighted by atomic mass is 10.0. The maximum absolute atomic E-state index is 11.9. The molecule has 13 nitrogen and oxygen atoms in total. The molecule has 0 saturated heterocycles. The van der Waals surface area contributed by atoms with Gasteiger partial charge in [0.1, 0.15) is 0 Å². The summed E-state index contributed by atoms with van der Waals surface area (Å²) in [5.74, 6) is 0. The maximum Gasteiger partial charge on any atom is 0.294 e. The Labute approximate surface area is 308 Å². The number of nitrogens with zero attached hydrogens (tertiary/aromatic N) is 2. The molecule has 6 aromatic rings. The molecule has 8 rings (SSSR count). The Bertz CT molecular complexity index is 3020. The van der Waals surface area contributed by atoms with Gasteiger partial charge in [-0.15, -0.1) is 0 Å². The summed E-state index contributed by atoms with van der Waals surface area (Å²) >= 11 is 0. The van der Waals surface area contributed by atoms with Gasteiger partial charge in [-0.2, -0.15) is 25.3 Å². The molecule has 5 heterocycles. The van der Waals surface area contributed by atoms with Gasteiger partial charge in [0.25, 0.3) is 30.4 Å². The summed E-state index contributed by atoms with van der Waals surface area (Å²) in [7, 11) is -13.4. The van der Waals surface area contributed by atoms with Crippen molar-refractivity contribution in [3.63, 3.8) is 0 Å². The van der Waals surface area contributed by atoms with E-state index < -0.39 is 30.4 Å². The highest BCUT2D eigenvalue weighted by Gasteiger charge is 2.19. The molecule has 0 aliphatic carbocycles. The van der Waals surface area contributed by atoms with Gasteiger partial charge < -0.3 is 9.97 Å². The lowest BCUT2D eigenvalue weighted by Crippen LogP contribution is -1.97. The van der Waals surface area contributed by atoms with Crippen LogP contribution in [0.1, 0.15) is 22.8 Å². The molecule has 2 aliphatic heterocycles. The molecule has 0 fully saturated rings. The van der Waals surface area contributed by atoms with E-state index in [0.29, 0.717) is 78.2 Å². The van der Waals surface area contributed by atoms with Gasteiger partial charge in [0.15, 0.2) is 0 Å². The predicted molar refractivity (Wildman–Crippen MR) is 205 cm³/mol. The van der Waals surface area contributed by atoms with Gasteiger partial charge in [-0.1, -0.05) is 36.4 Å². The maximum atomic E-state index is 11.9. The van der Waals surface area contributed by atoms with Gasteiger partial charge >= 0.3 is 0 Å². The first-order valence-electron chi connectivity index (χ1n) is 16.0. The third-order valence-corrected chi connectivity index (χ3v) is 11.5. The van der Waals surface area contributed by atoms with Crippen LogP contribution in [0.2, 0.25) is 0 Å². The lowest BCUT2D eigenvalue weighted by molar-refractivity contribution is 0.481. The lowest BCUT2D eigenvalue weighted by Gasteiger charge is -2.07. The Morgan fingerprint density at radius 3 is 1.17 bits per heavy atom. The Morgan fingerprint density at radius 1 is 0.407 bits per heavy atom. The zero-order valence-electron chi connectivity index (χ0n) is 27.5. The summed E-state index contributed by atoms with van der Waals surface area (Å²) in [5, 5.41) is 0. The number of hydrogen-bond acceptors (Lipinski definition) is 8. The quantitative estimate of drug-likeness (QED) is 0.105. The Kier molecular flexibility index (Phi) is 8.33. The standard InChI is InChI=1S/C38H26N4O9S3/c43-52(44,45)27-9-1-22(2-10-27)36-30-15-7-25(39-30)21-26-8-16-31(40-26)37(23-3-11-28(12-4-23)53(46,47)48)33-18-20-35(42-33)38(34-19-17-32(36)41-34)24-5-13-29(14-6-24)54(49,50)51/h1-21,39,42H,(H,43,44,45)(H,46,47,48)(H,49,50,51). The van der Waals surface area contributed by atoms with Crippen molar-refractivity contribution in [2.24, 2.45) is 0 Å². The summed E-state index contributed by atoms with van der Waals surface area (Å²) in [6, 6.07) is 26.2. The second-order valence-electron chi connectivity index (χ2n) is 12.4. The first kappa shape index (κ1) is 35.0. The van der Waals surface area contributed by atoms with Crippen LogP contribution in [0.4, 0.5) is 0 Å². The van der Waals surface area contributed by atoms with Gasteiger partial charge in [0, 0.05) is 38.8 Å². The first-order chi connectivity index (χ1) is 25.6. The Balaban J connectivity index is 1.48. The van der Waals surface area contributed by atoms with E-state index in [1.165, 1.54) is 36.4 Å². The van der Waals surface area contributed by atoms with Gasteiger partial charge in [-0.25, -0.2) is 9.97 Å². The fourth-order valence-corrected chi connectivity index (χ4v) is 7.87. The minimum Gasteiger partial charge on any atom is -0.355 e. The number of aromatic nitrogens is 4. The third kappa shape index (κ3) is 6.69. The van der Waals surface area contributed by atoms with Crippen molar-refractivity contribution in [1.82, 2.24) is 19.9 Å². The molecule has 16 heteroatoms. The molecule has 0 atom stereocenters. The number of hydrogen-bond donors (Lipinski definition) is 5. The van der Waals surface area contributed by atoms with Crippen molar-refractivity contribution in [2.75, 3.05) is 0 Å². The monoisotopic (exact) mass is 778 g/mol. The van der Waals surface area contributed by atoms with E-state index in [4.69, 9.17) is 9.97 Å². The average Bonchev–Trinajstić information content (AvgIpc) is 3.95. The minimum atomic E-state index is -4.48. The van der Waals surface area contributed by atoms with Crippen LogP contribution in [0.25, 0.3) is 79.8 Å². The second kappa shape index (κ2) is 12.8. The van der Waals surface area contributed by atoms with E-state index in [1.807, 2.05) is 42.5 Å². The number of aromatic amines is 2. The largest absolute Gasteiger partial charge is 0.355 e. The van der Waals surface area contributed by atoms with Crippen molar-refractivity contribution >= 4 is 76.7 Å². The highest BCUT2D eigenvalue weighted by Crippen LogP contribution is 2.37. The molecule has 5 N–H and O–H groups in total. The van der Waals surface area contributed by atoms with Crippen molar-refractivity contribution in [2.45, 2.75) is 14.7 Å². The SMILES string of the molecule is O=S(=O)(O)c1ccc(-c2c3nc(c(-c4ccc(S(=O)(=O)O)cc4)c4ccc([nH]4)c(-c4ccc(S(=O)(=O)O)cc4)c4nc(cc5ccc2[nH]5)C=C4)C=C3)cc1. The van der Waals surface area contributed by atoms with Crippen LogP contribution < -0.4 is 0 Å². The number of nitrogens with one attached hydrogen (secondary N) is 2. The number of H-pyrrole nitrogens is 2.